The number of furan rings is 1. The largest absolute Gasteiger partial charge is 0.466 e. The van der Waals surface area contributed by atoms with Gasteiger partial charge in [0.25, 0.3) is 0 Å². The molecule has 0 bridgehead atoms. The maximum atomic E-state index is 12.6. The van der Waals surface area contributed by atoms with Crippen molar-refractivity contribution in [1.29, 1.82) is 0 Å². The lowest BCUT2D eigenvalue weighted by Gasteiger charge is -2.44. The molecule has 0 spiro atoms. The monoisotopic (exact) mass is 278 g/mol. The number of nitrogens with one attached hydrogen (secondary N) is 1. The van der Waals surface area contributed by atoms with E-state index in [-0.39, 0.29) is 17.9 Å². The van der Waals surface area contributed by atoms with Crippen LogP contribution < -0.4 is 5.32 Å². The molecule has 0 aromatic carbocycles. The molecule has 1 aliphatic heterocycles. The molecule has 2 heterocycles. The highest BCUT2D eigenvalue weighted by Crippen LogP contribution is 2.31. The van der Waals surface area contributed by atoms with Crippen LogP contribution in [0.15, 0.2) is 10.5 Å². The van der Waals surface area contributed by atoms with E-state index in [0.29, 0.717) is 0 Å². The van der Waals surface area contributed by atoms with E-state index in [9.17, 15) is 9.59 Å². The van der Waals surface area contributed by atoms with Crippen molar-refractivity contribution in [1.82, 2.24) is 10.2 Å². The number of piperazine rings is 1. The van der Waals surface area contributed by atoms with Crippen LogP contribution >= 0.6 is 0 Å². The highest BCUT2D eigenvalue weighted by atomic mass is 16.3. The van der Waals surface area contributed by atoms with E-state index in [2.05, 4.69) is 5.32 Å². The molecule has 20 heavy (non-hydrogen) atoms. The Bertz CT molecular complexity index is 559. The van der Waals surface area contributed by atoms with Crippen molar-refractivity contribution >= 4 is 11.8 Å². The Morgan fingerprint density at radius 2 is 1.95 bits per heavy atom. The van der Waals surface area contributed by atoms with Gasteiger partial charge < -0.3 is 14.6 Å². The third kappa shape index (κ3) is 2.21. The fourth-order valence-corrected chi connectivity index (χ4v) is 2.82. The summed E-state index contributed by atoms with van der Waals surface area (Å²) < 4.78 is 5.54. The summed E-state index contributed by atoms with van der Waals surface area (Å²) in [6, 6.07) is 1.25. The number of aryl methyl sites for hydroxylation is 2. The minimum atomic E-state index is -0.870. The summed E-state index contributed by atoms with van der Waals surface area (Å²) in [5.41, 5.74) is 0.0815. The molecule has 5 nitrogen and oxygen atoms in total. The average Bonchev–Trinajstić information content (AvgIpc) is 2.66. The molecule has 1 fully saturated rings. The van der Waals surface area contributed by atoms with Gasteiger partial charge in [0.05, 0.1) is 6.04 Å². The Kier molecular flexibility index (Phi) is 3.40. The summed E-state index contributed by atoms with van der Waals surface area (Å²) in [7, 11) is 0. The summed E-state index contributed by atoms with van der Waals surface area (Å²) in [4.78, 5) is 26.3. The molecule has 2 rings (SSSR count). The third-order valence-electron chi connectivity index (χ3n) is 3.95. The van der Waals surface area contributed by atoms with Crippen LogP contribution in [0.2, 0.25) is 0 Å². The SMILES string of the molecule is Cc1cc(C(C)N2C(=O)C(C)(C)NC(=O)C2C)c(C)o1. The van der Waals surface area contributed by atoms with Gasteiger partial charge in [-0.2, -0.15) is 0 Å². The van der Waals surface area contributed by atoms with Gasteiger partial charge in [0.1, 0.15) is 23.1 Å². The maximum Gasteiger partial charge on any atom is 0.248 e. The topological polar surface area (TPSA) is 62.6 Å². The van der Waals surface area contributed by atoms with E-state index in [1.807, 2.05) is 26.8 Å². The first-order chi connectivity index (χ1) is 9.15. The summed E-state index contributed by atoms with van der Waals surface area (Å²) in [6.07, 6.45) is 0. The standard InChI is InChI=1S/C15H22N2O3/c1-8-7-12(11(4)20-8)9(2)17-10(3)13(18)16-15(5,6)14(17)19/h7,9-10H,1-6H3,(H,16,18). The lowest BCUT2D eigenvalue weighted by Crippen LogP contribution is -2.67. The van der Waals surface area contributed by atoms with Crippen LogP contribution in [0.25, 0.3) is 0 Å². The Labute approximate surface area is 119 Å². The van der Waals surface area contributed by atoms with E-state index in [4.69, 9.17) is 4.42 Å². The molecule has 5 heteroatoms. The summed E-state index contributed by atoms with van der Waals surface area (Å²) in [6.45, 7) is 10.9. The first-order valence-electron chi connectivity index (χ1n) is 6.87. The van der Waals surface area contributed by atoms with Crippen molar-refractivity contribution in [2.24, 2.45) is 0 Å². The average molecular weight is 278 g/mol. The Morgan fingerprint density at radius 3 is 2.45 bits per heavy atom. The van der Waals surface area contributed by atoms with Crippen LogP contribution in [0.4, 0.5) is 0 Å². The number of rotatable bonds is 2. The van der Waals surface area contributed by atoms with E-state index in [1.54, 1.807) is 25.7 Å². The zero-order valence-corrected chi connectivity index (χ0v) is 12.9. The number of carbonyl (C=O) groups is 2. The molecule has 0 radical (unpaired) electrons. The molecule has 1 aromatic heterocycles. The second kappa shape index (κ2) is 4.65. The Balaban J connectivity index is 2.40. The quantitative estimate of drug-likeness (QED) is 0.901. The molecule has 1 saturated heterocycles. The minimum Gasteiger partial charge on any atom is -0.466 e. The summed E-state index contributed by atoms with van der Waals surface area (Å²) >= 11 is 0. The summed E-state index contributed by atoms with van der Waals surface area (Å²) in [5.74, 6) is 1.40. The van der Waals surface area contributed by atoms with E-state index < -0.39 is 11.6 Å². The van der Waals surface area contributed by atoms with Crippen LogP contribution in [0, 0.1) is 13.8 Å². The van der Waals surface area contributed by atoms with Gasteiger partial charge in [-0.25, -0.2) is 0 Å². The lowest BCUT2D eigenvalue weighted by atomic mass is 9.94. The predicted molar refractivity (Wildman–Crippen MR) is 75.1 cm³/mol. The highest BCUT2D eigenvalue weighted by molar-refractivity contribution is 5.99. The maximum absolute atomic E-state index is 12.6. The predicted octanol–water partition coefficient (Wildman–Crippen LogP) is 2.08. The van der Waals surface area contributed by atoms with Crippen molar-refractivity contribution < 1.29 is 14.0 Å². The number of carbonyl (C=O) groups excluding carboxylic acids is 2. The van der Waals surface area contributed by atoms with Crippen molar-refractivity contribution in [3.63, 3.8) is 0 Å². The van der Waals surface area contributed by atoms with Crippen LogP contribution in [0.3, 0.4) is 0 Å². The molecule has 0 saturated carbocycles. The van der Waals surface area contributed by atoms with Crippen LogP contribution in [-0.2, 0) is 9.59 Å². The van der Waals surface area contributed by atoms with Crippen molar-refractivity contribution in [3.8, 4) is 0 Å². The molecule has 0 aliphatic carbocycles. The molecule has 2 unspecified atom stereocenters. The fraction of sp³-hybridized carbons (Fsp3) is 0.600. The zero-order chi connectivity index (χ0) is 15.2. The molecule has 1 aromatic rings. The minimum absolute atomic E-state index is 0.0737. The second-order valence-corrected chi connectivity index (χ2v) is 6.05. The van der Waals surface area contributed by atoms with Gasteiger partial charge >= 0.3 is 0 Å². The number of nitrogens with zero attached hydrogens (tertiary/aromatic N) is 1. The van der Waals surface area contributed by atoms with Gasteiger partial charge in [-0.15, -0.1) is 0 Å². The van der Waals surface area contributed by atoms with Crippen LogP contribution in [0.1, 0.15) is 50.8 Å². The Morgan fingerprint density at radius 1 is 1.35 bits per heavy atom. The number of hydrogen-bond acceptors (Lipinski definition) is 3. The molecule has 110 valence electrons. The first kappa shape index (κ1) is 14.6. The highest BCUT2D eigenvalue weighted by Gasteiger charge is 2.45. The van der Waals surface area contributed by atoms with Crippen molar-refractivity contribution in [3.05, 3.63) is 23.2 Å². The van der Waals surface area contributed by atoms with E-state index in [1.165, 1.54) is 0 Å². The molecule has 1 N–H and O–H groups in total. The van der Waals surface area contributed by atoms with Gasteiger partial charge in [0.15, 0.2) is 0 Å². The third-order valence-corrected chi connectivity index (χ3v) is 3.95. The normalized spacial score (nSPS) is 23.7. The van der Waals surface area contributed by atoms with Gasteiger partial charge in [-0.1, -0.05) is 0 Å². The molecular formula is C15H22N2O3. The second-order valence-electron chi connectivity index (χ2n) is 6.05. The van der Waals surface area contributed by atoms with Crippen molar-refractivity contribution in [2.45, 2.75) is 59.2 Å². The molecule has 1 aliphatic rings. The summed E-state index contributed by atoms with van der Waals surface area (Å²) in [5, 5.41) is 2.76. The number of amides is 2. The number of hydrogen-bond donors (Lipinski definition) is 1. The van der Waals surface area contributed by atoms with E-state index in [0.717, 1.165) is 17.1 Å². The molecule has 2 amide bonds. The van der Waals surface area contributed by atoms with Gasteiger partial charge in [-0.3, -0.25) is 9.59 Å². The molecule has 2 atom stereocenters. The van der Waals surface area contributed by atoms with Gasteiger partial charge in [-0.05, 0) is 47.6 Å². The zero-order valence-electron chi connectivity index (χ0n) is 12.9. The first-order valence-corrected chi connectivity index (χ1v) is 6.87. The lowest BCUT2D eigenvalue weighted by molar-refractivity contribution is -0.155. The van der Waals surface area contributed by atoms with Gasteiger partial charge in [0.2, 0.25) is 11.8 Å². The smallest absolute Gasteiger partial charge is 0.248 e. The van der Waals surface area contributed by atoms with Crippen molar-refractivity contribution in [2.75, 3.05) is 0 Å². The van der Waals surface area contributed by atoms with Gasteiger partial charge in [0, 0.05) is 5.56 Å². The fourth-order valence-electron chi connectivity index (χ4n) is 2.82. The van der Waals surface area contributed by atoms with Crippen LogP contribution in [-0.4, -0.2) is 28.3 Å². The van der Waals surface area contributed by atoms with E-state index >= 15 is 0 Å². The van der Waals surface area contributed by atoms with Crippen LogP contribution in [0.5, 0.6) is 0 Å². The Hall–Kier alpha value is -1.78. The molecular weight excluding hydrogens is 256 g/mol.